The molecule has 0 aromatic rings. The number of primary amides is 1. The van der Waals surface area contributed by atoms with Crippen molar-refractivity contribution in [3.63, 3.8) is 0 Å². The van der Waals surface area contributed by atoms with E-state index in [0.29, 0.717) is 11.3 Å². The Labute approximate surface area is 96.7 Å². The van der Waals surface area contributed by atoms with Gasteiger partial charge < -0.3 is 5.73 Å². The van der Waals surface area contributed by atoms with Crippen LogP contribution in [0.1, 0.15) is 39.5 Å². The van der Waals surface area contributed by atoms with Gasteiger partial charge in [0, 0.05) is 6.21 Å². The molecule has 0 saturated heterocycles. The quantitative estimate of drug-likeness (QED) is 0.558. The summed E-state index contributed by atoms with van der Waals surface area (Å²) in [6.07, 6.45) is 6.90. The molecule has 2 aliphatic rings. The van der Waals surface area contributed by atoms with E-state index in [0.717, 1.165) is 18.3 Å². The van der Waals surface area contributed by atoms with Gasteiger partial charge in [-0.05, 0) is 48.9 Å². The molecule has 0 aromatic carbocycles. The normalized spacial score (nSPS) is 35.8. The largest absolute Gasteiger partial charge is 0.350 e. The number of hydrazone groups is 1. The van der Waals surface area contributed by atoms with Gasteiger partial charge >= 0.3 is 6.03 Å². The Morgan fingerprint density at radius 1 is 1.56 bits per heavy atom. The number of carbonyl (C=O) groups is 1. The maximum absolute atomic E-state index is 10.4. The van der Waals surface area contributed by atoms with Gasteiger partial charge in [-0.25, -0.2) is 10.2 Å². The number of nitrogens with two attached hydrogens (primary N) is 1. The van der Waals surface area contributed by atoms with Crippen molar-refractivity contribution in [2.75, 3.05) is 0 Å². The Kier molecular flexibility index (Phi) is 2.91. The fraction of sp³-hybridized carbons (Fsp3) is 0.833. The van der Waals surface area contributed by atoms with Gasteiger partial charge in [0.05, 0.1) is 0 Å². The molecule has 0 aliphatic heterocycles. The number of nitrogens with zero attached hydrogens (tertiary/aromatic N) is 1. The van der Waals surface area contributed by atoms with Crippen LogP contribution < -0.4 is 11.2 Å². The minimum absolute atomic E-state index is 0.432. The van der Waals surface area contributed by atoms with E-state index in [-0.39, 0.29) is 0 Å². The van der Waals surface area contributed by atoms with Crippen molar-refractivity contribution < 1.29 is 4.79 Å². The molecule has 4 nitrogen and oxygen atoms in total. The van der Waals surface area contributed by atoms with Crippen LogP contribution in [0.15, 0.2) is 5.10 Å². The third-order valence-electron chi connectivity index (χ3n) is 4.68. The number of urea groups is 1. The lowest BCUT2D eigenvalue weighted by molar-refractivity contribution is 0.129. The summed E-state index contributed by atoms with van der Waals surface area (Å²) in [6.45, 7) is 4.74. The van der Waals surface area contributed by atoms with E-state index >= 15 is 0 Å². The number of fused-ring (bicyclic) bond motifs is 2. The molecule has 3 N–H and O–H groups in total. The zero-order valence-corrected chi connectivity index (χ0v) is 10.1. The summed E-state index contributed by atoms with van der Waals surface area (Å²) >= 11 is 0. The molecule has 0 heterocycles. The summed E-state index contributed by atoms with van der Waals surface area (Å²) < 4.78 is 0. The number of amides is 2. The Morgan fingerprint density at radius 3 is 2.88 bits per heavy atom. The van der Waals surface area contributed by atoms with Crippen LogP contribution in [0.5, 0.6) is 0 Å². The van der Waals surface area contributed by atoms with Crippen LogP contribution in [-0.2, 0) is 0 Å². The van der Waals surface area contributed by atoms with Crippen LogP contribution >= 0.6 is 0 Å². The van der Waals surface area contributed by atoms with E-state index in [2.05, 4.69) is 24.4 Å². The molecule has 2 fully saturated rings. The number of hydrogen-bond donors (Lipinski definition) is 2. The number of carbonyl (C=O) groups excluding carboxylic acids is 1. The van der Waals surface area contributed by atoms with Crippen molar-refractivity contribution >= 4 is 12.2 Å². The lowest BCUT2D eigenvalue weighted by atomic mass is 9.68. The second-order valence-electron chi connectivity index (χ2n) is 5.72. The monoisotopic (exact) mass is 223 g/mol. The van der Waals surface area contributed by atoms with Gasteiger partial charge in [-0.15, -0.1) is 0 Å². The van der Waals surface area contributed by atoms with Crippen LogP contribution in [0.4, 0.5) is 4.79 Å². The summed E-state index contributed by atoms with van der Waals surface area (Å²) in [7, 11) is 0. The number of rotatable bonds is 3. The fourth-order valence-electron chi connectivity index (χ4n) is 3.74. The molecule has 4 heteroatoms. The summed E-state index contributed by atoms with van der Waals surface area (Å²) in [5.74, 6) is 2.46. The molecule has 0 radical (unpaired) electrons. The maximum Gasteiger partial charge on any atom is 0.332 e. The van der Waals surface area contributed by atoms with Gasteiger partial charge in [0.2, 0.25) is 0 Å². The summed E-state index contributed by atoms with van der Waals surface area (Å²) in [6, 6.07) is -0.594. The molecule has 3 atom stereocenters. The van der Waals surface area contributed by atoms with Crippen molar-refractivity contribution in [2.45, 2.75) is 39.5 Å². The van der Waals surface area contributed by atoms with Crippen LogP contribution in [0, 0.1) is 23.2 Å². The Balaban J connectivity index is 1.90. The highest BCUT2D eigenvalue weighted by atomic mass is 16.2. The van der Waals surface area contributed by atoms with Gasteiger partial charge in [-0.2, -0.15) is 5.10 Å². The zero-order chi connectivity index (χ0) is 11.8. The standard InChI is InChI=1S/C12H21N3O/c1-12(2)9-4-3-8(7-9)10(12)5-6-14-15-11(13)16/h6,8-10H,3-5,7H2,1-2H3,(H3,13,15,16). The van der Waals surface area contributed by atoms with Crippen molar-refractivity contribution in [1.82, 2.24) is 5.43 Å². The van der Waals surface area contributed by atoms with Crippen LogP contribution in [-0.4, -0.2) is 12.2 Å². The van der Waals surface area contributed by atoms with Crippen molar-refractivity contribution in [1.29, 1.82) is 0 Å². The molecule has 0 spiro atoms. The molecular formula is C12H21N3O. The lowest BCUT2D eigenvalue weighted by Gasteiger charge is -2.37. The average molecular weight is 223 g/mol. The highest BCUT2D eigenvalue weighted by Gasteiger charge is 2.51. The first-order valence-electron chi connectivity index (χ1n) is 6.08. The van der Waals surface area contributed by atoms with Crippen LogP contribution in [0.25, 0.3) is 0 Å². The Bertz CT molecular complexity index is 311. The fourth-order valence-corrected chi connectivity index (χ4v) is 3.74. The average Bonchev–Trinajstić information content (AvgIpc) is 2.72. The topological polar surface area (TPSA) is 67.5 Å². The molecule has 2 bridgehead atoms. The summed E-state index contributed by atoms with van der Waals surface area (Å²) in [4.78, 5) is 10.4. The lowest BCUT2D eigenvalue weighted by Crippen LogP contribution is -2.31. The van der Waals surface area contributed by atoms with Crippen molar-refractivity contribution in [3.8, 4) is 0 Å². The third-order valence-corrected chi connectivity index (χ3v) is 4.68. The van der Waals surface area contributed by atoms with Crippen molar-refractivity contribution in [2.24, 2.45) is 34.0 Å². The van der Waals surface area contributed by atoms with Gasteiger partial charge in [0.15, 0.2) is 0 Å². The first-order chi connectivity index (χ1) is 7.51. The van der Waals surface area contributed by atoms with E-state index in [9.17, 15) is 4.79 Å². The summed E-state index contributed by atoms with van der Waals surface area (Å²) in [5, 5.41) is 3.83. The van der Waals surface area contributed by atoms with Gasteiger partial charge in [0.1, 0.15) is 0 Å². The molecule has 2 rings (SSSR count). The Morgan fingerprint density at radius 2 is 2.31 bits per heavy atom. The molecular weight excluding hydrogens is 202 g/mol. The second kappa shape index (κ2) is 4.07. The smallest absolute Gasteiger partial charge is 0.332 e. The van der Waals surface area contributed by atoms with Crippen LogP contribution in [0.3, 0.4) is 0 Å². The molecule has 90 valence electrons. The highest BCUT2D eigenvalue weighted by Crippen LogP contribution is 2.60. The maximum atomic E-state index is 10.4. The second-order valence-corrected chi connectivity index (χ2v) is 5.72. The van der Waals surface area contributed by atoms with E-state index in [4.69, 9.17) is 5.73 Å². The van der Waals surface area contributed by atoms with E-state index in [1.165, 1.54) is 19.3 Å². The molecule has 3 unspecified atom stereocenters. The first kappa shape index (κ1) is 11.4. The van der Waals surface area contributed by atoms with E-state index < -0.39 is 6.03 Å². The van der Waals surface area contributed by atoms with Gasteiger partial charge in [-0.1, -0.05) is 13.8 Å². The molecule has 16 heavy (non-hydrogen) atoms. The van der Waals surface area contributed by atoms with Crippen molar-refractivity contribution in [3.05, 3.63) is 0 Å². The minimum Gasteiger partial charge on any atom is -0.350 e. The Hall–Kier alpha value is -1.06. The van der Waals surface area contributed by atoms with E-state index in [1.807, 2.05) is 0 Å². The first-order valence-corrected chi connectivity index (χ1v) is 6.08. The predicted molar refractivity (Wildman–Crippen MR) is 63.9 cm³/mol. The van der Waals surface area contributed by atoms with E-state index in [1.54, 1.807) is 6.21 Å². The van der Waals surface area contributed by atoms with Crippen LogP contribution in [0.2, 0.25) is 0 Å². The molecule has 2 saturated carbocycles. The minimum atomic E-state index is -0.594. The number of hydrogen-bond acceptors (Lipinski definition) is 2. The third kappa shape index (κ3) is 1.93. The molecule has 2 amide bonds. The molecule has 0 aromatic heterocycles. The predicted octanol–water partition coefficient (Wildman–Crippen LogP) is 2.10. The van der Waals surface area contributed by atoms with Gasteiger partial charge in [0.25, 0.3) is 0 Å². The van der Waals surface area contributed by atoms with Gasteiger partial charge in [-0.3, -0.25) is 0 Å². The zero-order valence-electron chi connectivity index (χ0n) is 10.1. The highest BCUT2D eigenvalue weighted by molar-refractivity contribution is 5.72. The molecule has 2 aliphatic carbocycles. The number of nitrogens with one attached hydrogen (secondary N) is 1. The summed E-state index contributed by atoms with van der Waals surface area (Å²) in [5.41, 5.74) is 7.62. The SMILES string of the molecule is CC1(C)C2CCC(C2)C1CC=NNC(N)=O.